The fourth-order valence-corrected chi connectivity index (χ4v) is 6.01. The van der Waals surface area contributed by atoms with Gasteiger partial charge in [-0.25, -0.2) is 27.4 Å². The van der Waals surface area contributed by atoms with E-state index in [1.807, 2.05) is 0 Å². The van der Waals surface area contributed by atoms with Gasteiger partial charge in [-0.1, -0.05) is 91.0 Å². The zero-order valence-corrected chi connectivity index (χ0v) is 25.5. The van der Waals surface area contributed by atoms with E-state index in [4.69, 9.17) is 0 Å². The van der Waals surface area contributed by atoms with Gasteiger partial charge in [-0.2, -0.15) is 0 Å². The molecule has 3 aromatic heterocycles. The van der Waals surface area contributed by atoms with Crippen molar-refractivity contribution in [2.24, 2.45) is 0 Å². The maximum Gasteiger partial charge on any atom is 0.244 e. The highest BCUT2D eigenvalue weighted by molar-refractivity contribution is 5.29. The van der Waals surface area contributed by atoms with E-state index in [-0.39, 0.29) is 0 Å². The summed E-state index contributed by atoms with van der Waals surface area (Å²) >= 11 is 0. The number of imidazole rings is 3. The molecule has 0 N–H and O–H groups in total. The number of hydrogen-bond acceptors (Lipinski definition) is 0. The molecule has 45 heavy (non-hydrogen) atoms. The van der Waals surface area contributed by atoms with Gasteiger partial charge in [0.25, 0.3) is 0 Å². The number of hydrogen-bond donors (Lipinski definition) is 0. The molecule has 3 heterocycles. The molecule has 222 valence electrons. The molecule has 0 saturated heterocycles. The van der Waals surface area contributed by atoms with Gasteiger partial charge in [0, 0.05) is 0 Å². The molecule has 0 spiro atoms. The lowest BCUT2D eigenvalue weighted by molar-refractivity contribution is -0.689. The Labute approximate surface area is 265 Å². The number of aromatic nitrogens is 6. The SMILES string of the molecule is c1ccc(Cn2cc[n+](Cc3cc(C[n+]4ccn(Cc5ccccc5)c4)cc(C[n+]4ccn(Cc5ccccc5)c4)c3)c2)cc1. The Morgan fingerprint density at radius 1 is 0.356 bits per heavy atom. The van der Waals surface area contributed by atoms with E-state index >= 15 is 0 Å². The quantitative estimate of drug-likeness (QED) is 0.174. The van der Waals surface area contributed by atoms with Crippen molar-refractivity contribution in [2.75, 3.05) is 0 Å². The summed E-state index contributed by atoms with van der Waals surface area (Å²) < 4.78 is 13.6. The minimum absolute atomic E-state index is 0.821. The summed E-state index contributed by atoms with van der Waals surface area (Å²) in [7, 11) is 0. The minimum atomic E-state index is 0.821. The second-order valence-corrected chi connectivity index (χ2v) is 11.9. The van der Waals surface area contributed by atoms with Crippen molar-refractivity contribution in [1.29, 1.82) is 0 Å². The van der Waals surface area contributed by atoms with E-state index in [1.54, 1.807) is 0 Å². The van der Waals surface area contributed by atoms with Gasteiger partial charge in [-0.05, 0) is 51.6 Å². The maximum absolute atomic E-state index is 2.36. The summed E-state index contributed by atoms with van der Waals surface area (Å²) in [6.07, 6.45) is 19.6. The predicted octanol–water partition coefficient (Wildman–Crippen LogP) is 5.24. The Bertz CT molecular complexity index is 1710. The van der Waals surface area contributed by atoms with E-state index in [2.05, 4.69) is 193 Å². The highest BCUT2D eigenvalue weighted by Gasteiger charge is 2.13. The van der Waals surface area contributed by atoms with Crippen LogP contribution in [0.2, 0.25) is 0 Å². The van der Waals surface area contributed by atoms with Crippen LogP contribution < -0.4 is 13.7 Å². The van der Waals surface area contributed by atoms with Crippen LogP contribution in [0.4, 0.5) is 0 Å². The third-order valence-electron chi connectivity index (χ3n) is 8.07. The first-order chi connectivity index (χ1) is 22.2. The van der Waals surface area contributed by atoms with Crippen LogP contribution in [0.15, 0.2) is 165 Å². The molecule has 6 nitrogen and oxygen atoms in total. The van der Waals surface area contributed by atoms with Gasteiger partial charge in [0.2, 0.25) is 19.0 Å². The van der Waals surface area contributed by atoms with Crippen molar-refractivity contribution >= 4 is 0 Å². The average molecular weight is 592 g/mol. The molecule has 4 aromatic carbocycles. The van der Waals surface area contributed by atoms with Gasteiger partial charge in [0.05, 0.1) is 0 Å². The van der Waals surface area contributed by atoms with Gasteiger partial charge in [-0.3, -0.25) is 0 Å². The Kier molecular flexibility index (Phi) is 8.45. The van der Waals surface area contributed by atoms with E-state index in [0.29, 0.717) is 0 Å². The third kappa shape index (κ3) is 7.73. The molecule has 7 rings (SSSR count). The van der Waals surface area contributed by atoms with Gasteiger partial charge in [0.1, 0.15) is 76.4 Å². The molecule has 6 heteroatoms. The summed E-state index contributed by atoms with van der Waals surface area (Å²) in [5.74, 6) is 0. The Balaban J connectivity index is 1.10. The second kappa shape index (κ2) is 13.4. The van der Waals surface area contributed by atoms with Gasteiger partial charge in [0.15, 0.2) is 0 Å². The van der Waals surface area contributed by atoms with E-state index in [9.17, 15) is 0 Å². The van der Waals surface area contributed by atoms with Crippen LogP contribution >= 0.6 is 0 Å². The van der Waals surface area contributed by atoms with E-state index < -0.39 is 0 Å². The topological polar surface area (TPSA) is 26.4 Å². The lowest BCUT2D eigenvalue weighted by atomic mass is 10.0. The van der Waals surface area contributed by atoms with Crippen LogP contribution in [0, 0.1) is 0 Å². The molecule has 0 bridgehead atoms. The van der Waals surface area contributed by atoms with E-state index in [1.165, 1.54) is 33.4 Å². The first-order valence-electron chi connectivity index (χ1n) is 15.6. The summed E-state index contributed by atoms with van der Waals surface area (Å²) in [6.45, 7) is 5.07. The van der Waals surface area contributed by atoms with Crippen LogP contribution in [-0.2, 0) is 39.3 Å². The highest BCUT2D eigenvalue weighted by atomic mass is 15.1. The number of rotatable bonds is 12. The fraction of sp³-hybridized carbons (Fsp3) is 0.154. The first kappa shape index (κ1) is 28.3. The molecule has 0 unspecified atom stereocenters. The molecule has 0 radical (unpaired) electrons. The standard InChI is InChI=1S/C39H39N6/c1-4-10-34(11-5-1)25-40-16-19-43(31-40)28-37-22-38(29-44-20-17-41(32-44)26-35-12-6-2-7-13-35)24-39(23-37)30-45-21-18-42(33-45)27-36-14-8-3-9-15-36/h1-24,31-33H,25-30H2/q+3. The molecule has 0 aliphatic carbocycles. The molecular formula is C39H39N6+3. The predicted molar refractivity (Wildman–Crippen MR) is 174 cm³/mol. The van der Waals surface area contributed by atoms with Crippen LogP contribution in [-0.4, -0.2) is 13.7 Å². The summed E-state index contributed by atoms with van der Waals surface area (Å²) in [4.78, 5) is 0. The summed E-state index contributed by atoms with van der Waals surface area (Å²) in [6, 6.07) is 38.9. The normalized spacial score (nSPS) is 11.2. The Morgan fingerprint density at radius 2 is 0.644 bits per heavy atom. The summed E-state index contributed by atoms with van der Waals surface area (Å²) in [5, 5.41) is 0. The largest absolute Gasteiger partial charge is 0.244 e. The average Bonchev–Trinajstić information content (AvgIpc) is 3.81. The number of nitrogens with zero attached hydrogens (tertiary/aromatic N) is 6. The van der Waals surface area contributed by atoms with Crippen LogP contribution in [0.1, 0.15) is 33.4 Å². The molecule has 7 aromatic rings. The minimum Gasteiger partial charge on any atom is -0.233 e. The van der Waals surface area contributed by atoms with Crippen molar-refractivity contribution in [3.63, 3.8) is 0 Å². The van der Waals surface area contributed by atoms with Crippen LogP contribution in [0.25, 0.3) is 0 Å². The highest BCUT2D eigenvalue weighted by Crippen LogP contribution is 2.12. The molecule has 0 aliphatic heterocycles. The summed E-state index contributed by atoms with van der Waals surface area (Å²) in [5.41, 5.74) is 7.82. The van der Waals surface area contributed by atoms with Gasteiger partial charge in [-0.15, -0.1) is 0 Å². The molecule has 0 aliphatic rings. The third-order valence-corrected chi connectivity index (χ3v) is 8.07. The van der Waals surface area contributed by atoms with Crippen molar-refractivity contribution in [3.05, 3.63) is 199 Å². The van der Waals surface area contributed by atoms with Crippen molar-refractivity contribution < 1.29 is 13.7 Å². The van der Waals surface area contributed by atoms with E-state index in [0.717, 1.165) is 39.3 Å². The number of benzene rings is 4. The molecule has 0 atom stereocenters. The van der Waals surface area contributed by atoms with Crippen LogP contribution in [0.3, 0.4) is 0 Å². The molecular weight excluding hydrogens is 552 g/mol. The Morgan fingerprint density at radius 3 is 0.933 bits per heavy atom. The molecule has 0 fully saturated rings. The lowest BCUT2D eigenvalue weighted by Crippen LogP contribution is -2.34. The smallest absolute Gasteiger partial charge is 0.233 e. The Hall–Kier alpha value is -5.49. The van der Waals surface area contributed by atoms with Crippen molar-refractivity contribution in [3.8, 4) is 0 Å². The first-order valence-corrected chi connectivity index (χ1v) is 15.6. The van der Waals surface area contributed by atoms with Gasteiger partial charge < -0.3 is 0 Å². The second-order valence-electron chi connectivity index (χ2n) is 11.9. The van der Waals surface area contributed by atoms with Gasteiger partial charge >= 0.3 is 0 Å². The van der Waals surface area contributed by atoms with Crippen molar-refractivity contribution in [1.82, 2.24) is 13.7 Å². The maximum atomic E-state index is 2.36. The lowest BCUT2D eigenvalue weighted by Gasteiger charge is -2.07. The zero-order chi connectivity index (χ0) is 30.3. The fourth-order valence-electron chi connectivity index (χ4n) is 6.01. The molecule has 0 amide bonds. The van der Waals surface area contributed by atoms with Crippen LogP contribution in [0.5, 0.6) is 0 Å². The van der Waals surface area contributed by atoms with Crippen molar-refractivity contribution in [2.45, 2.75) is 39.3 Å². The monoisotopic (exact) mass is 591 g/mol. The zero-order valence-electron chi connectivity index (χ0n) is 25.5. The molecule has 0 saturated carbocycles.